The molecule has 0 spiro atoms. The first-order valence-corrected chi connectivity index (χ1v) is 8.52. The van der Waals surface area contributed by atoms with E-state index in [9.17, 15) is 0 Å². The Morgan fingerprint density at radius 1 is 1.05 bits per heavy atom. The van der Waals surface area contributed by atoms with E-state index in [1.165, 1.54) is 0 Å². The molecule has 0 bridgehead atoms. The summed E-state index contributed by atoms with van der Waals surface area (Å²) in [6.45, 7) is 4.24. The Morgan fingerprint density at radius 2 is 1.75 bits per heavy atom. The molecule has 1 aromatic carbocycles. The van der Waals surface area contributed by atoms with Crippen molar-refractivity contribution in [2.45, 2.75) is 19.8 Å². The first kappa shape index (κ1) is 15.9. The van der Waals surface area contributed by atoms with Gasteiger partial charge in [0.25, 0.3) is 0 Å². The van der Waals surface area contributed by atoms with Crippen LogP contribution in [0.25, 0.3) is 11.4 Å². The molecule has 0 fully saturated rings. The molecule has 3 nitrogen and oxygen atoms in total. The van der Waals surface area contributed by atoms with Gasteiger partial charge >= 0.3 is 0 Å². The second kappa shape index (κ2) is 6.54. The highest BCUT2D eigenvalue weighted by Gasteiger charge is 2.15. The standard InChI is InChI=1S/C14H14Br3N3/c1-7(2)12-11(17)14(18-3)20-13(19-12)8-4-5-9(15)10(16)6-8/h4-7H,1-3H3,(H,18,19,20). The minimum absolute atomic E-state index is 0.317. The molecule has 0 saturated carbocycles. The maximum Gasteiger partial charge on any atom is 0.161 e. The number of rotatable bonds is 3. The fourth-order valence-electron chi connectivity index (χ4n) is 1.78. The predicted octanol–water partition coefficient (Wildman–Crippen LogP) is 5.60. The number of aromatic nitrogens is 2. The molecule has 2 aromatic rings. The summed E-state index contributed by atoms with van der Waals surface area (Å²) in [7, 11) is 1.86. The van der Waals surface area contributed by atoms with Gasteiger partial charge in [-0.05, 0) is 71.9 Å². The summed E-state index contributed by atoms with van der Waals surface area (Å²) >= 11 is 10.6. The lowest BCUT2D eigenvalue weighted by molar-refractivity contribution is 0.810. The van der Waals surface area contributed by atoms with Gasteiger partial charge in [0.05, 0.1) is 10.2 Å². The van der Waals surface area contributed by atoms with Crippen LogP contribution in [0.4, 0.5) is 5.82 Å². The Morgan fingerprint density at radius 3 is 2.30 bits per heavy atom. The minimum Gasteiger partial charge on any atom is -0.372 e. The highest BCUT2D eigenvalue weighted by Crippen LogP contribution is 2.33. The number of nitrogens with zero attached hydrogens (tertiary/aromatic N) is 2. The highest BCUT2D eigenvalue weighted by atomic mass is 79.9. The van der Waals surface area contributed by atoms with E-state index in [2.05, 4.69) is 76.9 Å². The van der Waals surface area contributed by atoms with Crippen LogP contribution in [0.3, 0.4) is 0 Å². The van der Waals surface area contributed by atoms with Crippen molar-refractivity contribution in [1.82, 2.24) is 9.97 Å². The topological polar surface area (TPSA) is 37.8 Å². The number of benzene rings is 1. The number of halogens is 3. The van der Waals surface area contributed by atoms with Crippen molar-refractivity contribution in [2.75, 3.05) is 12.4 Å². The summed E-state index contributed by atoms with van der Waals surface area (Å²) in [5.41, 5.74) is 1.98. The summed E-state index contributed by atoms with van der Waals surface area (Å²) in [5.74, 6) is 1.84. The SMILES string of the molecule is CNc1nc(-c2ccc(Br)c(Br)c2)nc(C(C)C)c1Br. The Labute approximate surface area is 144 Å². The predicted molar refractivity (Wildman–Crippen MR) is 94.2 cm³/mol. The highest BCUT2D eigenvalue weighted by molar-refractivity contribution is 9.13. The third kappa shape index (κ3) is 3.23. The van der Waals surface area contributed by atoms with Crippen LogP contribution in [0.1, 0.15) is 25.5 Å². The summed E-state index contributed by atoms with van der Waals surface area (Å²) in [4.78, 5) is 9.26. The molecule has 0 aliphatic carbocycles. The molecule has 6 heteroatoms. The molecule has 0 aliphatic heterocycles. The lowest BCUT2D eigenvalue weighted by Crippen LogP contribution is -2.04. The van der Waals surface area contributed by atoms with Crippen LogP contribution < -0.4 is 5.32 Å². The molecule has 1 aromatic heterocycles. The van der Waals surface area contributed by atoms with E-state index in [1.807, 2.05) is 25.2 Å². The third-order valence-electron chi connectivity index (χ3n) is 2.84. The Bertz CT molecular complexity index is 642. The number of hydrogen-bond donors (Lipinski definition) is 1. The Hall–Kier alpha value is -0.460. The van der Waals surface area contributed by atoms with Gasteiger partial charge in [0.15, 0.2) is 5.82 Å². The van der Waals surface area contributed by atoms with Crippen LogP contribution in [0.5, 0.6) is 0 Å². The van der Waals surface area contributed by atoms with E-state index >= 15 is 0 Å². The van der Waals surface area contributed by atoms with E-state index in [4.69, 9.17) is 0 Å². The fourth-order valence-corrected chi connectivity index (χ4v) is 3.24. The van der Waals surface area contributed by atoms with Crippen LogP contribution in [0, 0.1) is 0 Å². The lowest BCUT2D eigenvalue weighted by atomic mass is 10.1. The molecule has 106 valence electrons. The summed E-state index contributed by atoms with van der Waals surface area (Å²) in [6.07, 6.45) is 0. The van der Waals surface area contributed by atoms with Gasteiger partial charge in [-0.3, -0.25) is 0 Å². The largest absolute Gasteiger partial charge is 0.372 e. The average molecular weight is 464 g/mol. The van der Waals surface area contributed by atoms with Crippen molar-refractivity contribution in [3.05, 3.63) is 37.3 Å². The van der Waals surface area contributed by atoms with Gasteiger partial charge in [0.2, 0.25) is 0 Å². The van der Waals surface area contributed by atoms with Crippen molar-refractivity contribution in [3.8, 4) is 11.4 Å². The zero-order valence-corrected chi connectivity index (χ0v) is 16.1. The number of anilines is 1. The quantitative estimate of drug-likeness (QED) is 0.644. The molecule has 0 amide bonds. The monoisotopic (exact) mass is 461 g/mol. The van der Waals surface area contributed by atoms with E-state index in [-0.39, 0.29) is 0 Å². The summed E-state index contributed by atoms with van der Waals surface area (Å²) < 4.78 is 2.92. The Balaban J connectivity index is 2.61. The van der Waals surface area contributed by atoms with E-state index in [0.717, 1.165) is 36.3 Å². The molecule has 0 aliphatic rings. The molecular weight excluding hydrogens is 450 g/mol. The zero-order chi connectivity index (χ0) is 14.9. The number of hydrogen-bond acceptors (Lipinski definition) is 3. The van der Waals surface area contributed by atoms with Crippen LogP contribution in [0.15, 0.2) is 31.6 Å². The van der Waals surface area contributed by atoms with Gasteiger partial charge in [-0.2, -0.15) is 0 Å². The minimum atomic E-state index is 0.317. The summed E-state index contributed by atoms with van der Waals surface area (Å²) in [6, 6.07) is 6.00. The molecule has 1 N–H and O–H groups in total. The van der Waals surface area contributed by atoms with Crippen molar-refractivity contribution < 1.29 is 0 Å². The molecule has 1 heterocycles. The van der Waals surface area contributed by atoms with E-state index in [1.54, 1.807) is 0 Å². The first-order chi connectivity index (χ1) is 9.43. The van der Waals surface area contributed by atoms with Crippen LogP contribution >= 0.6 is 47.8 Å². The first-order valence-electron chi connectivity index (χ1n) is 6.14. The molecule has 20 heavy (non-hydrogen) atoms. The van der Waals surface area contributed by atoms with Crippen LogP contribution in [-0.4, -0.2) is 17.0 Å². The zero-order valence-electron chi connectivity index (χ0n) is 11.3. The maximum atomic E-state index is 4.69. The van der Waals surface area contributed by atoms with E-state index < -0.39 is 0 Å². The van der Waals surface area contributed by atoms with Gasteiger partial charge in [-0.1, -0.05) is 13.8 Å². The second-order valence-corrected chi connectivity index (χ2v) is 7.13. The second-order valence-electron chi connectivity index (χ2n) is 4.63. The fraction of sp³-hybridized carbons (Fsp3) is 0.286. The summed E-state index contributed by atoms with van der Waals surface area (Å²) in [5, 5.41) is 3.11. The average Bonchev–Trinajstić information content (AvgIpc) is 2.42. The number of nitrogens with one attached hydrogen (secondary N) is 1. The molecule has 0 radical (unpaired) electrons. The van der Waals surface area contributed by atoms with Crippen molar-refractivity contribution >= 4 is 53.6 Å². The molecular formula is C14H14Br3N3. The van der Waals surface area contributed by atoms with Gasteiger partial charge in [0, 0.05) is 21.6 Å². The van der Waals surface area contributed by atoms with E-state index in [0.29, 0.717) is 5.92 Å². The smallest absolute Gasteiger partial charge is 0.161 e. The van der Waals surface area contributed by atoms with Crippen molar-refractivity contribution in [1.29, 1.82) is 0 Å². The van der Waals surface area contributed by atoms with Gasteiger partial charge in [-0.25, -0.2) is 9.97 Å². The van der Waals surface area contributed by atoms with Crippen molar-refractivity contribution in [3.63, 3.8) is 0 Å². The molecule has 0 saturated heterocycles. The van der Waals surface area contributed by atoms with Gasteiger partial charge < -0.3 is 5.32 Å². The van der Waals surface area contributed by atoms with Gasteiger partial charge in [-0.15, -0.1) is 0 Å². The van der Waals surface area contributed by atoms with Gasteiger partial charge in [0.1, 0.15) is 5.82 Å². The normalized spacial score (nSPS) is 10.9. The molecule has 0 atom stereocenters. The van der Waals surface area contributed by atoms with Crippen molar-refractivity contribution in [2.24, 2.45) is 0 Å². The van der Waals surface area contributed by atoms with Crippen LogP contribution in [-0.2, 0) is 0 Å². The molecule has 0 unspecified atom stereocenters. The lowest BCUT2D eigenvalue weighted by Gasteiger charge is -2.13. The van der Waals surface area contributed by atoms with Crippen LogP contribution in [0.2, 0.25) is 0 Å². The molecule has 2 rings (SSSR count). The Kier molecular flexibility index (Phi) is 5.20. The third-order valence-corrected chi connectivity index (χ3v) is 5.50. The maximum absolute atomic E-state index is 4.69.